The molecule has 0 heterocycles. The molecule has 0 aliphatic heterocycles. The molecule has 0 aliphatic rings. The highest BCUT2D eigenvalue weighted by Gasteiger charge is 2.30. The van der Waals surface area contributed by atoms with Crippen LogP contribution in [-0.2, 0) is 35.2 Å². The Morgan fingerprint density at radius 3 is 1.89 bits per heavy atom. The largest absolute Gasteiger partial charge is 0.508 e. The summed E-state index contributed by atoms with van der Waals surface area (Å²) in [6.07, 6.45) is -1.38. The van der Waals surface area contributed by atoms with Gasteiger partial charge in [-0.15, -0.1) is 0 Å². The minimum atomic E-state index is -1.65. The number of phenols is 1. The molecule has 10 N–H and O–H groups in total. The highest BCUT2D eigenvalue weighted by molar-refractivity contribution is 7.80. The monoisotopic (exact) mass is 527 g/mol. The molecule has 198 valence electrons. The maximum Gasteiger partial charge on any atom is 0.326 e. The Morgan fingerprint density at radius 2 is 1.39 bits per heavy atom. The van der Waals surface area contributed by atoms with Gasteiger partial charge < -0.3 is 42.7 Å². The Kier molecular flexibility index (Phi) is 12.2. The number of amides is 4. The number of aromatic hydroxyl groups is 1. The van der Waals surface area contributed by atoms with Gasteiger partial charge in [-0.2, -0.15) is 12.6 Å². The quantitative estimate of drug-likeness (QED) is 0.108. The van der Waals surface area contributed by atoms with E-state index in [1.54, 1.807) is 0 Å². The molecule has 1 rings (SSSR count). The molecule has 0 saturated heterocycles. The molecular formula is C21H29N5O9S. The number of hydrogen-bond acceptors (Lipinski definition) is 9. The van der Waals surface area contributed by atoms with Gasteiger partial charge in [0.25, 0.3) is 0 Å². The van der Waals surface area contributed by atoms with E-state index < -0.39 is 66.2 Å². The molecule has 0 saturated carbocycles. The number of carboxylic acids is 2. The molecule has 0 fully saturated rings. The minimum absolute atomic E-state index is 0.0479. The fourth-order valence-electron chi connectivity index (χ4n) is 2.91. The van der Waals surface area contributed by atoms with Crippen molar-refractivity contribution in [2.24, 2.45) is 11.5 Å². The number of nitrogens with two attached hydrogens (primary N) is 2. The van der Waals surface area contributed by atoms with E-state index in [-0.39, 0.29) is 30.8 Å². The fourth-order valence-corrected chi connectivity index (χ4v) is 3.16. The zero-order valence-corrected chi connectivity index (χ0v) is 19.9. The van der Waals surface area contributed by atoms with Crippen LogP contribution < -0.4 is 27.4 Å². The second-order valence-corrected chi connectivity index (χ2v) is 8.15. The summed E-state index contributed by atoms with van der Waals surface area (Å²) in [6, 6.07) is 0.130. The Morgan fingerprint density at radius 1 is 0.861 bits per heavy atom. The smallest absolute Gasteiger partial charge is 0.326 e. The minimum Gasteiger partial charge on any atom is -0.508 e. The maximum absolute atomic E-state index is 12.9. The van der Waals surface area contributed by atoms with Crippen LogP contribution in [0.1, 0.15) is 24.8 Å². The molecule has 4 amide bonds. The van der Waals surface area contributed by atoms with Crippen LogP contribution >= 0.6 is 12.6 Å². The summed E-state index contributed by atoms with van der Waals surface area (Å²) in [6.45, 7) is 0. The van der Waals surface area contributed by atoms with Crippen LogP contribution in [0.2, 0.25) is 0 Å². The van der Waals surface area contributed by atoms with Crippen molar-refractivity contribution < 1.29 is 44.1 Å². The van der Waals surface area contributed by atoms with Crippen LogP contribution in [0.5, 0.6) is 5.75 Å². The number of rotatable bonds is 15. The van der Waals surface area contributed by atoms with Crippen molar-refractivity contribution in [1.82, 2.24) is 16.0 Å². The van der Waals surface area contributed by atoms with E-state index in [2.05, 4.69) is 28.6 Å². The third kappa shape index (κ3) is 10.6. The summed E-state index contributed by atoms with van der Waals surface area (Å²) in [5.74, 6) is -6.52. The van der Waals surface area contributed by atoms with Gasteiger partial charge in [0, 0.05) is 18.6 Å². The predicted octanol–water partition coefficient (Wildman–Crippen LogP) is -2.53. The number of primary amides is 1. The maximum atomic E-state index is 12.9. The first-order valence-electron chi connectivity index (χ1n) is 10.6. The number of carbonyl (C=O) groups is 6. The van der Waals surface area contributed by atoms with Crippen molar-refractivity contribution in [1.29, 1.82) is 0 Å². The lowest BCUT2D eigenvalue weighted by atomic mass is 10.0. The average molecular weight is 528 g/mol. The van der Waals surface area contributed by atoms with Crippen LogP contribution in [-0.4, -0.2) is 80.8 Å². The molecule has 14 nitrogen and oxygen atoms in total. The molecule has 1 aromatic carbocycles. The predicted molar refractivity (Wildman–Crippen MR) is 128 cm³/mol. The van der Waals surface area contributed by atoms with Crippen molar-refractivity contribution in [3.63, 3.8) is 0 Å². The van der Waals surface area contributed by atoms with Gasteiger partial charge in [-0.25, -0.2) is 4.79 Å². The van der Waals surface area contributed by atoms with E-state index >= 15 is 0 Å². The van der Waals surface area contributed by atoms with Gasteiger partial charge in [0.15, 0.2) is 0 Å². The van der Waals surface area contributed by atoms with Crippen molar-refractivity contribution in [3.8, 4) is 5.75 Å². The zero-order valence-electron chi connectivity index (χ0n) is 19.0. The van der Waals surface area contributed by atoms with Gasteiger partial charge in [0.05, 0.1) is 12.5 Å². The first kappa shape index (κ1) is 30.2. The number of carboxylic acid groups (broad SMARTS) is 2. The molecule has 0 aliphatic carbocycles. The van der Waals surface area contributed by atoms with Crippen LogP contribution in [0.15, 0.2) is 24.3 Å². The Balaban J connectivity index is 3.03. The summed E-state index contributed by atoms with van der Waals surface area (Å²) in [5.41, 5.74) is 11.2. The van der Waals surface area contributed by atoms with Crippen molar-refractivity contribution in [2.45, 2.75) is 49.9 Å². The third-order valence-corrected chi connectivity index (χ3v) is 5.22. The Labute approximate surface area is 211 Å². The molecule has 0 spiro atoms. The molecule has 1 aromatic rings. The average Bonchev–Trinajstić information content (AvgIpc) is 2.80. The zero-order chi connectivity index (χ0) is 27.4. The summed E-state index contributed by atoms with van der Waals surface area (Å²) >= 11 is 4.02. The van der Waals surface area contributed by atoms with Gasteiger partial charge in [0.2, 0.25) is 23.6 Å². The van der Waals surface area contributed by atoms with Crippen molar-refractivity contribution in [3.05, 3.63) is 29.8 Å². The van der Waals surface area contributed by atoms with Crippen molar-refractivity contribution in [2.75, 3.05) is 5.75 Å². The summed E-state index contributed by atoms with van der Waals surface area (Å²) in [4.78, 5) is 71.2. The standard InChI is InChI=1S/C21H29N5O9S/c22-12(5-6-17(29)30)18(31)26-15(9-36)20(33)24-13(7-10-1-3-11(27)4-2-10)19(32)25-14(21(34)35)8-16(23)28/h1-4,12-15,27,36H,5-9,22H2,(H2,23,28)(H,24,33)(H,25,32)(H,26,31)(H,29,30)(H,34,35). The molecule has 0 radical (unpaired) electrons. The van der Waals surface area contributed by atoms with Gasteiger partial charge in [-0.05, 0) is 24.1 Å². The van der Waals surface area contributed by atoms with E-state index in [1.165, 1.54) is 24.3 Å². The highest BCUT2D eigenvalue weighted by atomic mass is 32.1. The summed E-state index contributed by atoms with van der Waals surface area (Å²) in [5, 5.41) is 34.3. The van der Waals surface area contributed by atoms with Gasteiger partial charge >= 0.3 is 11.9 Å². The first-order valence-corrected chi connectivity index (χ1v) is 11.3. The Bertz CT molecular complexity index is 973. The number of hydrogen-bond donors (Lipinski definition) is 9. The SMILES string of the molecule is NC(=O)CC(NC(=O)C(Cc1ccc(O)cc1)NC(=O)C(CS)NC(=O)C(N)CCC(=O)O)C(=O)O. The molecule has 0 bridgehead atoms. The molecular weight excluding hydrogens is 498 g/mol. The lowest BCUT2D eigenvalue weighted by Crippen LogP contribution is -2.58. The number of thiol groups is 1. The molecule has 4 atom stereocenters. The molecule has 15 heteroatoms. The van der Waals surface area contributed by atoms with Crippen LogP contribution in [0.4, 0.5) is 0 Å². The van der Waals surface area contributed by atoms with Crippen LogP contribution in [0.3, 0.4) is 0 Å². The van der Waals surface area contributed by atoms with Gasteiger partial charge in [0.1, 0.15) is 23.9 Å². The molecule has 36 heavy (non-hydrogen) atoms. The Hall–Kier alpha value is -3.85. The normalized spacial score (nSPS) is 13.9. The number of carbonyl (C=O) groups excluding carboxylic acids is 4. The topological polar surface area (TPSA) is 251 Å². The summed E-state index contributed by atoms with van der Waals surface area (Å²) < 4.78 is 0. The van der Waals surface area contributed by atoms with E-state index in [0.717, 1.165) is 0 Å². The van der Waals surface area contributed by atoms with Crippen LogP contribution in [0.25, 0.3) is 0 Å². The third-order valence-electron chi connectivity index (χ3n) is 4.85. The van der Waals surface area contributed by atoms with Gasteiger partial charge in [-0.3, -0.25) is 24.0 Å². The number of aliphatic carboxylic acids is 2. The van der Waals surface area contributed by atoms with E-state index in [9.17, 15) is 39.0 Å². The molecule has 4 unspecified atom stereocenters. The number of benzene rings is 1. The number of nitrogens with one attached hydrogen (secondary N) is 3. The second kappa shape index (κ2) is 14.5. The van der Waals surface area contributed by atoms with E-state index in [0.29, 0.717) is 5.56 Å². The molecule has 0 aromatic heterocycles. The second-order valence-electron chi connectivity index (χ2n) is 7.78. The van der Waals surface area contributed by atoms with Gasteiger partial charge in [-0.1, -0.05) is 12.1 Å². The fraction of sp³-hybridized carbons (Fsp3) is 0.429. The lowest BCUT2D eigenvalue weighted by molar-refractivity contribution is -0.143. The highest BCUT2D eigenvalue weighted by Crippen LogP contribution is 2.12. The van der Waals surface area contributed by atoms with Crippen LogP contribution in [0, 0.1) is 0 Å². The summed E-state index contributed by atoms with van der Waals surface area (Å²) in [7, 11) is 0. The number of phenolic OH excluding ortho intramolecular Hbond substituents is 1. The van der Waals surface area contributed by atoms with E-state index in [4.69, 9.17) is 16.6 Å². The van der Waals surface area contributed by atoms with E-state index in [1.807, 2.05) is 0 Å². The van der Waals surface area contributed by atoms with Crippen molar-refractivity contribution >= 4 is 48.2 Å². The first-order chi connectivity index (χ1) is 16.8. The lowest BCUT2D eigenvalue weighted by Gasteiger charge is -2.24.